The van der Waals surface area contributed by atoms with Gasteiger partial charge in [0.1, 0.15) is 47.2 Å². The van der Waals surface area contributed by atoms with Crippen molar-refractivity contribution in [2.75, 3.05) is 0 Å². The number of rotatable bonds is 12. The molecular formula is C40H52N4O24. The van der Waals surface area contributed by atoms with E-state index < -0.39 is 96.6 Å². The summed E-state index contributed by atoms with van der Waals surface area (Å²) >= 11 is 0. The van der Waals surface area contributed by atoms with Crippen molar-refractivity contribution in [1.82, 2.24) is 0 Å². The normalized spacial score (nSPS) is 12.9. The molecule has 0 heterocycles. The third-order valence-corrected chi connectivity index (χ3v) is 6.55. The fourth-order valence-electron chi connectivity index (χ4n) is 2.97. The first kappa shape index (κ1) is 66.8. The van der Waals surface area contributed by atoms with E-state index >= 15 is 0 Å². The number of carbonyl (C=O) groups is 8. The van der Waals surface area contributed by atoms with Crippen LogP contribution in [0.3, 0.4) is 0 Å². The molecule has 0 aliphatic carbocycles. The van der Waals surface area contributed by atoms with Gasteiger partial charge < -0.3 is 124 Å². The Morgan fingerprint density at radius 3 is 0.441 bits per heavy atom. The Bertz CT molecular complexity index is 1690. The third kappa shape index (κ3) is 36.5. The zero-order valence-corrected chi connectivity index (χ0v) is 35.3. The Balaban J connectivity index is -0.000000346. The molecular weight excluding hydrogens is 920 g/mol. The van der Waals surface area contributed by atoms with Crippen molar-refractivity contribution in [3.05, 3.63) is 121 Å². The summed E-state index contributed by atoms with van der Waals surface area (Å²) in [6.45, 7) is 0. The molecule has 0 aliphatic rings. The summed E-state index contributed by atoms with van der Waals surface area (Å²) in [7, 11) is 0. The van der Waals surface area contributed by atoms with Crippen LogP contribution in [-0.2, 0) is 38.4 Å². The molecule has 0 aliphatic heterocycles. The van der Waals surface area contributed by atoms with Gasteiger partial charge in [0.2, 0.25) is 0 Å². The number of carbonyl (C=O) groups excluding carboxylic acids is 4. The second-order valence-corrected chi connectivity index (χ2v) is 12.1. The van der Waals surface area contributed by atoms with Crippen molar-refractivity contribution < 1.29 is 143 Å². The lowest BCUT2D eigenvalue weighted by Crippen LogP contribution is -2.46. The number of hydrogen-bond acceptors (Lipinski definition) is 20. The van der Waals surface area contributed by atoms with Crippen LogP contribution in [0, 0.1) is 0 Å². The highest BCUT2D eigenvalue weighted by molar-refractivity contribution is 5.83. The minimum atomic E-state index is -2.38. The lowest BCUT2D eigenvalue weighted by atomic mass is 10.2. The highest BCUT2D eigenvalue weighted by Gasteiger charge is 2.26. The minimum Gasteiger partial charge on any atom is -0.547 e. The van der Waals surface area contributed by atoms with Crippen LogP contribution in [0.1, 0.15) is 0 Å². The molecule has 4 aromatic rings. The average Bonchev–Trinajstić information content (AvgIpc) is 3.29. The Hall–Kier alpha value is -7.84. The van der Waals surface area contributed by atoms with Gasteiger partial charge in [0, 0.05) is 0 Å². The number of aliphatic hydroxyl groups is 8. The lowest BCUT2D eigenvalue weighted by molar-refractivity contribution is -0.319. The summed E-state index contributed by atoms with van der Waals surface area (Å²) in [5.41, 5.74) is 19.2. The first-order chi connectivity index (χ1) is 31.4. The maximum absolute atomic E-state index is 9.74. The quantitative estimate of drug-likeness (QED) is 0.0627. The third-order valence-electron chi connectivity index (χ3n) is 6.55. The number of quaternary nitrogens is 4. The monoisotopic (exact) mass is 972 g/mol. The number of carboxylic acid groups (broad SMARTS) is 8. The smallest absolute Gasteiger partial charge is 0.335 e. The molecule has 8 atom stereocenters. The van der Waals surface area contributed by atoms with Gasteiger partial charge in [0.05, 0.1) is 23.9 Å². The van der Waals surface area contributed by atoms with Gasteiger partial charge in [-0.1, -0.05) is 72.8 Å². The van der Waals surface area contributed by atoms with Gasteiger partial charge in [0.15, 0.2) is 24.4 Å². The molecule has 0 unspecified atom stereocenters. The average molecular weight is 973 g/mol. The second kappa shape index (κ2) is 38.4. The fourth-order valence-corrected chi connectivity index (χ4v) is 2.97. The molecule has 24 N–H and O–H groups in total. The molecule has 376 valence electrons. The second-order valence-electron chi connectivity index (χ2n) is 12.1. The molecule has 0 saturated heterocycles. The van der Waals surface area contributed by atoms with Crippen LogP contribution < -0.4 is 43.4 Å². The number of carboxylic acids is 8. The number of aliphatic hydroxyl groups excluding tert-OH is 8. The number of benzene rings is 4. The molecule has 0 spiro atoms. The van der Waals surface area contributed by atoms with Crippen molar-refractivity contribution in [3.63, 3.8) is 0 Å². The van der Waals surface area contributed by atoms with Crippen molar-refractivity contribution in [2.45, 2.75) is 48.8 Å². The van der Waals surface area contributed by atoms with E-state index in [1.807, 2.05) is 121 Å². The largest absolute Gasteiger partial charge is 0.547 e. The summed E-state index contributed by atoms with van der Waals surface area (Å²) in [4.78, 5) is 77.6. The zero-order chi connectivity index (χ0) is 53.7. The first-order valence-electron chi connectivity index (χ1n) is 18.1. The molecule has 68 heavy (non-hydrogen) atoms. The van der Waals surface area contributed by atoms with Gasteiger partial charge in [-0.2, -0.15) is 0 Å². The Morgan fingerprint density at radius 2 is 0.397 bits per heavy atom. The topological polar surface area (TPSA) is 582 Å². The highest BCUT2D eigenvalue weighted by atomic mass is 16.5. The van der Waals surface area contributed by atoms with Gasteiger partial charge in [-0.15, -0.1) is 0 Å². The molecule has 4 rings (SSSR count). The summed E-state index contributed by atoms with van der Waals surface area (Å²) in [6.07, 6.45) is -18.8. The van der Waals surface area contributed by atoms with E-state index in [0.29, 0.717) is 0 Å². The van der Waals surface area contributed by atoms with E-state index in [9.17, 15) is 58.8 Å². The molecule has 0 aromatic heterocycles. The number of aliphatic carboxylic acids is 8. The van der Waals surface area contributed by atoms with Crippen molar-refractivity contribution in [3.8, 4) is 0 Å². The highest BCUT2D eigenvalue weighted by Crippen LogP contribution is 1.97. The van der Waals surface area contributed by atoms with E-state index in [2.05, 4.69) is 22.9 Å². The van der Waals surface area contributed by atoms with Crippen LogP contribution in [0.15, 0.2) is 121 Å². The van der Waals surface area contributed by atoms with Crippen molar-refractivity contribution in [1.29, 1.82) is 0 Å². The standard InChI is InChI=1S/4C6H7N.4C4H6O6/c4*7-6-4-2-1-3-5-6;4*5-1(3(7)8)2(6)4(9)10/h4*1-5H,7H2;4*1-2,5-6H,(H,7,8)(H,9,10)/t;;;;4*1-,2-/m....0000/s1. The Kier molecular flexibility index (Phi) is 37.7. The fraction of sp³-hybridized carbons (Fsp3) is 0.200. The molecule has 28 heteroatoms. The van der Waals surface area contributed by atoms with E-state index in [0.717, 1.165) is 22.7 Å². The summed E-state index contributed by atoms with van der Waals surface area (Å²) in [5.74, 6) is -15.3. The van der Waals surface area contributed by atoms with E-state index in [1.54, 1.807) is 0 Å². The number of hydrogen-bond donors (Lipinski definition) is 16. The zero-order valence-electron chi connectivity index (χ0n) is 35.3. The van der Waals surface area contributed by atoms with Gasteiger partial charge in [-0.3, -0.25) is 0 Å². The molecule has 0 fully saturated rings. The predicted molar refractivity (Wildman–Crippen MR) is 215 cm³/mol. The van der Waals surface area contributed by atoms with E-state index in [1.165, 1.54) is 0 Å². The molecule has 4 aromatic carbocycles. The summed E-state index contributed by atoms with van der Waals surface area (Å²) in [5, 5.41) is 137. The van der Waals surface area contributed by atoms with Crippen LogP contribution in [-0.4, -0.2) is 158 Å². The Labute approximate surface area is 383 Å². The summed E-state index contributed by atoms with van der Waals surface area (Å²) in [6, 6.07) is 39.5. The van der Waals surface area contributed by atoms with Gasteiger partial charge >= 0.3 is 23.9 Å². The van der Waals surface area contributed by atoms with Crippen LogP contribution in [0.4, 0.5) is 22.7 Å². The van der Waals surface area contributed by atoms with Gasteiger partial charge in [0.25, 0.3) is 0 Å². The molecule has 0 saturated carbocycles. The lowest BCUT2D eigenvalue weighted by Gasteiger charge is -2.13. The molecule has 28 nitrogen and oxygen atoms in total. The predicted octanol–water partition coefficient (Wildman–Crippen LogP) is -11.6. The van der Waals surface area contributed by atoms with Crippen molar-refractivity contribution >= 4 is 70.5 Å². The first-order valence-corrected chi connectivity index (χ1v) is 18.1. The Morgan fingerprint density at radius 1 is 0.279 bits per heavy atom. The molecule has 0 bridgehead atoms. The van der Waals surface area contributed by atoms with Crippen LogP contribution in [0.25, 0.3) is 0 Å². The minimum absolute atomic E-state index is 1.07. The SMILES string of the molecule is O=C([O-])[C@@H](O)[C@H](O)C(=O)O.O=C([O-])[C@@H](O)[C@H](O)C(=O)O.O=C([O-])[C@@H](O)[C@H](O)C(=O)O.O=C([O-])[C@@H](O)[C@H](O)C(=O)O.[NH3+]c1ccccc1.[NH3+]c1ccccc1.[NH3+]c1ccccc1.[NH3+]c1ccccc1. The van der Waals surface area contributed by atoms with Crippen LogP contribution >= 0.6 is 0 Å². The van der Waals surface area contributed by atoms with E-state index in [-0.39, 0.29) is 0 Å². The van der Waals surface area contributed by atoms with Crippen LogP contribution in [0.2, 0.25) is 0 Å². The van der Waals surface area contributed by atoms with Gasteiger partial charge in [-0.05, 0) is 48.5 Å². The molecule has 0 radical (unpaired) electrons. The maximum Gasteiger partial charge on any atom is 0.335 e. The van der Waals surface area contributed by atoms with Gasteiger partial charge in [-0.25, -0.2) is 19.2 Å². The van der Waals surface area contributed by atoms with Crippen LogP contribution in [0.5, 0.6) is 0 Å². The molecule has 0 amide bonds. The van der Waals surface area contributed by atoms with Crippen molar-refractivity contribution in [2.24, 2.45) is 0 Å². The summed E-state index contributed by atoms with van der Waals surface area (Å²) < 4.78 is 0. The van der Waals surface area contributed by atoms with E-state index in [4.69, 9.17) is 61.3 Å². The maximum atomic E-state index is 9.74.